The Bertz CT molecular complexity index is 637. The molecule has 0 heterocycles. The summed E-state index contributed by atoms with van der Waals surface area (Å²) in [7, 11) is -3.47. The molecule has 0 saturated heterocycles. The van der Waals surface area contributed by atoms with E-state index in [2.05, 4.69) is 26.0 Å². The molecule has 0 radical (unpaired) electrons. The van der Waals surface area contributed by atoms with Crippen LogP contribution < -0.4 is 10.0 Å². The highest BCUT2D eigenvalue weighted by molar-refractivity contribution is 9.10. The van der Waals surface area contributed by atoms with Crippen molar-refractivity contribution >= 4 is 26.0 Å². The highest BCUT2D eigenvalue weighted by atomic mass is 79.9. The molecule has 0 amide bonds. The van der Waals surface area contributed by atoms with Crippen LogP contribution in [0.3, 0.4) is 0 Å². The lowest BCUT2D eigenvalue weighted by molar-refractivity contribution is 0.579. The summed E-state index contributed by atoms with van der Waals surface area (Å²) in [5, 5.41) is 3.16. The van der Waals surface area contributed by atoms with Crippen molar-refractivity contribution in [2.75, 3.05) is 13.1 Å². The Balaban J connectivity index is 2.62. The summed E-state index contributed by atoms with van der Waals surface area (Å²) in [6.07, 6.45) is 5.80. The number of hydrogen-bond acceptors (Lipinski definition) is 3. The van der Waals surface area contributed by atoms with Gasteiger partial charge in [0.05, 0.1) is 4.90 Å². The van der Waals surface area contributed by atoms with Crippen molar-refractivity contribution in [2.24, 2.45) is 0 Å². The second-order valence-corrected chi connectivity index (χ2v) is 7.13. The van der Waals surface area contributed by atoms with Gasteiger partial charge in [0, 0.05) is 23.3 Å². The third-order valence-electron chi connectivity index (χ3n) is 2.83. The molecule has 6 heteroatoms. The van der Waals surface area contributed by atoms with Gasteiger partial charge in [-0.2, -0.15) is 0 Å². The van der Waals surface area contributed by atoms with Crippen molar-refractivity contribution in [1.29, 1.82) is 0 Å². The highest BCUT2D eigenvalue weighted by Gasteiger charge is 2.15. The molecule has 0 fully saturated rings. The van der Waals surface area contributed by atoms with Crippen LogP contribution in [0.25, 0.3) is 0 Å². The Morgan fingerprint density at radius 2 is 2.00 bits per heavy atom. The number of nitrogens with one attached hydrogen (secondary N) is 2. The Morgan fingerprint density at radius 3 is 2.57 bits per heavy atom. The largest absolute Gasteiger partial charge is 0.384 e. The summed E-state index contributed by atoms with van der Waals surface area (Å²) < 4.78 is 27.9. The van der Waals surface area contributed by atoms with Gasteiger partial charge in [-0.25, -0.2) is 13.1 Å². The maximum absolute atomic E-state index is 12.2. The smallest absolute Gasteiger partial charge is 0.240 e. The van der Waals surface area contributed by atoms with Gasteiger partial charge in [-0.15, -0.1) is 0 Å². The summed E-state index contributed by atoms with van der Waals surface area (Å²) in [6.45, 7) is 6.50. The molecule has 0 aromatic heterocycles. The molecule has 0 unspecified atom stereocenters. The topological polar surface area (TPSA) is 58.2 Å². The summed E-state index contributed by atoms with van der Waals surface area (Å²) in [5.41, 5.74) is 1.68. The van der Waals surface area contributed by atoms with Crippen molar-refractivity contribution in [3.05, 3.63) is 52.2 Å². The number of benzene rings is 1. The maximum atomic E-state index is 12.2. The van der Waals surface area contributed by atoms with Gasteiger partial charge < -0.3 is 5.32 Å². The van der Waals surface area contributed by atoms with Crippen LogP contribution in [0.2, 0.25) is 0 Å². The van der Waals surface area contributed by atoms with Gasteiger partial charge in [-0.3, -0.25) is 0 Å². The first-order valence-electron chi connectivity index (χ1n) is 6.69. The van der Waals surface area contributed by atoms with Gasteiger partial charge in [0.15, 0.2) is 0 Å². The predicted octanol–water partition coefficient (Wildman–Crippen LogP) is 3.11. The summed E-state index contributed by atoms with van der Waals surface area (Å²) in [6, 6.07) is 5.12. The van der Waals surface area contributed by atoms with E-state index in [-0.39, 0.29) is 0 Å². The van der Waals surface area contributed by atoms with Crippen LogP contribution in [-0.2, 0) is 10.0 Å². The number of sulfonamides is 1. The Labute approximate surface area is 135 Å². The molecule has 4 nitrogen and oxygen atoms in total. The lowest BCUT2D eigenvalue weighted by Gasteiger charge is -2.11. The van der Waals surface area contributed by atoms with Crippen LogP contribution in [0, 0.1) is 6.92 Å². The molecule has 0 spiro atoms. The van der Waals surface area contributed by atoms with Crippen LogP contribution >= 0.6 is 15.9 Å². The molecule has 1 rings (SSSR count). The molecule has 0 aliphatic heterocycles. The average Bonchev–Trinajstić information content (AvgIpc) is 2.41. The second-order valence-electron chi connectivity index (χ2n) is 4.48. The lowest BCUT2D eigenvalue weighted by Crippen LogP contribution is -2.31. The van der Waals surface area contributed by atoms with E-state index >= 15 is 0 Å². The second kappa shape index (κ2) is 8.36. The Hall–Kier alpha value is -1.11. The zero-order valence-corrected chi connectivity index (χ0v) is 14.9. The van der Waals surface area contributed by atoms with Crippen LogP contribution in [0.1, 0.15) is 19.4 Å². The normalized spacial score (nSPS) is 12.9. The lowest BCUT2D eigenvalue weighted by atomic mass is 10.2. The molecular formula is C15H21BrN2O2S. The van der Waals surface area contributed by atoms with E-state index in [1.54, 1.807) is 25.1 Å². The zero-order valence-electron chi connectivity index (χ0n) is 12.5. The number of allylic oxidation sites excluding steroid dienone is 3. The number of halogens is 1. The van der Waals surface area contributed by atoms with E-state index in [9.17, 15) is 8.42 Å². The van der Waals surface area contributed by atoms with Crippen LogP contribution in [0.15, 0.2) is 51.5 Å². The van der Waals surface area contributed by atoms with Crippen molar-refractivity contribution < 1.29 is 8.42 Å². The van der Waals surface area contributed by atoms with Gasteiger partial charge in [0.25, 0.3) is 0 Å². The molecule has 0 aliphatic carbocycles. The van der Waals surface area contributed by atoms with E-state index in [1.165, 1.54) is 0 Å². The van der Waals surface area contributed by atoms with Gasteiger partial charge in [0.2, 0.25) is 10.0 Å². The molecular weight excluding hydrogens is 352 g/mol. The highest BCUT2D eigenvalue weighted by Crippen LogP contribution is 2.19. The molecule has 0 aliphatic rings. The molecule has 1 aromatic rings. The molecule has 0 bridgehead atoms. The van der Waals surface area contributed by atoms with E-state index in [1.807, 2.05) is 32.1 Å². The predicted molar refractivity (Wildman–Crippen MR) is 90.6 cm³/mol. The van der Waals surface area contributed by atoms with E-state index in [0.717, 1.165) is 10.2 Å². The fraction of sp³-hybridized carbons (Fsp3) is 0.333. The molecule has 116 valence electrons. The van der Waals surface area contributed by atoms with E-state index < -0.39 is 10.0 Å². The van der Waals surface area contributed by atoms with E-state index in [4.69, 9.17) is 0 Å². The van der Waals surface area contributed by atoms with Crippen molar-refractivity contribution in [3.8, 4) is 0 Å². The third-order valence-corrected chi connectivity index (χ3v) is 4.94. The molecule has 0 saturated carbocycles. The van der Waals surface area contributed by atoms with Gasteiger partial charge in [-0.05, 0) is 50.6 Å². The minimum absolute atomic E-state index is 0.311. The van der Waals surface area contributed by atoms with Crippen molar-refractivity contribution in [3.63, 3.8) is 0 Å². The van der Waals surface area contributed by atoms with Crippen LogP contribution in [0.5, 0.6) is 0 Å². The number of aryl methyl sites for hydroxylation is 1. The first-order chi connectivity index (χ1) is 9.90. The molecule has 21 heavy (non-hydrogen) atoms. The van der Waals surface area contributed by atoms with Gasteiger partial charge >= 0.3 is 0 Å². The average molecular weight is 373 g/mol. The van der Waals surface area contributed by atoms with E-state index in [0.29, 0.717) is 23.5 Å². The third kappa shape index (κ3) is 5.65. The van der Waals surface area contributed by atoms with Gasteiger partial charge in [-0.1, -0.05) is 28.1 Å². The molecule has 1 aromatic carbocycles. The monoisotopic (exact) mass is 372 g/mol. The van der Waals surface area contributed by atoms with Crippen LogP contribution in [0.4, 0.5) is 0 Å². The first-order valence-corrected chi connectivity index (χ1v) is 8.97. The van der Waals surface area contributed by atoms with Crippen molar-refractivity contribution in [1.82, 2.24) is 10.0 Å². The van der Waals surface area contributed by atoms with Crippen LogP contribution in [-0.4, -0.2) is 21.5 Å². The fourth-order valence-corrected chi connectivity index (χ4v) is 3.55. The minimum atomic E-state index is -3.47. The number of rotatable bonds is 7. The zero-order chi connectivity index (χ0) is 15.9. The molecule has 2 N–H and O–H groups in total. The Morgan fingerprint density at radius 1 is 1.29 bits per heavy atom. The molecule has 0 atom stereocenters. The quantitative estimate of drug-likeness (QED) is 0.570. The standard InChI is InChI=1S/C15H21BrN2O2S/c1-4-6-14(5-2)17-9-10-18-21(19,20)15-8-7-13(16)11-12(15)3/h4-8,11,17-18H,9-10H2,1-3H3/b6-4-,14-5+. The summed E-state index contributed by atoms with van der Waals surface area (Å²) in [5.74, 6) is 0. The SMILES string of the molecule is C/C=C\C(=C/C)NCCNS(=O)(=O)c1ccc(Br)cc1C. The van der Waals surface area contributed by atoms with Crippen molar-refractivity contribution in [2.45, 2.75) is 25.7 Å². The fourth-order valence-electron chi connectivity index (χ4n) is 1.82. The minimum Gasteiger partial charge on any atom is -0.384 e. The summed E-state index contributed by atoms with van der Waals surface area (Å²) in [4.78, 5) is 0.311. The first kappa shape index (κ1) is 17.9. The maximum Gasteiger partial charge on any atom is 0.240 e. The Kier molecular flexibility index (Phi) is 7.14. The van der Waals surface area contributed by atoms with Gasteiger partial charge in [0.1, 0.15) is 0 Å². The summed E-state index contributed by atoms with van der Waals surface area (Å²) >= 11 is 3.33. The number of hydrogen-bond donors (Lipinski definition) is 2.